The van der Waals surface area contributed by atoms with Crippen LogP contribution in [0, 0.1) is 0 Å². The van der Waals surface area contributed by atoms with E-state index in [2.05, 4.69) is 0 Å². The first-order chi connectivity index (χ1) is 5.54. The van der Waals surface area contributed by atoms with Gasteiger partial charge in [0.05, 0.1) is 6.61 Å². The van der Waals surface area contributed by atoms with Crippen LogP contribution < -0.4 is 0 Å². The molecule has 0 aliphatic rings. The summed E-state index contributed by atoms with van der Waals surface area (Å²) in [5, 5.41) is 33.9. The van der Waals surface area contributed by atoms with Crippen molar-refractivity contribution in [2.75, 3.05) is 6.61 Å². The number of carbonyl (C=O) groups excluding carboxylic acids is 1. The first-order valence-electron chi connectivity index (χ1n) is 3.29. The summed E-state index contributed by atoms with van der Waals surface area (Å²) in [6.07, 6.45) is -4.46. The second kappa shape index (κ2) is 5.45. The molecule has 0 spiro atoms. The van der Waals surface area contributed by atoms with Crippen LogP contribution in [0.25, 0.3) is 0 Å². The van der Waals surface area contributed by atoms with Gasteiger partial charge in [-0.25, -0.2) is 0 Å². The summed E-state index contributed by atoms with van der Waals surface area (Å²) in [5.74, 6) is 0. The van der Waals surface area contributed by atoms with E-state index < -0.39 is 30.3 Å². The zero-order chi connectivity index (χ0) is 9.72. The first kappa shape index (κ1) is 11.8. The Morgan fingerprint density at radius 1 is 1.25 bits per heavy atom. The Kier molecular flexibility index (Phi) is 5.36. The van der Waals surface area contributed by atoms with Crippen LogP contribution in [0.1, 0.15) is 0 Å². The third-order valence-corrected chi connectivity index (χ3v) is 1.75. The molecule has 0 saturated heterocycles. The van der Waals surface area contributed by atoms with Crippen LogP contribution in [0.15, 0.2) is 0 Å². The molecule has 0 aliphatic carbocycles. The van der Waals surface area contributed by atoms with E-state index in [9.17, 15) is 4.79 Å². The monoisotopic (exact) mass is 198 g/mol. The molecular weight excluding hydrogens is 188 g/mol. The van der Waals surface area contributed by atoms with Gasteiger partial charge < -0.3 is 25.2 Å². The SMILES string of the molecule is O=C[C@@H](Cl)[C@@H](O)[C@H](O)[C@@H](O)CO. The normalized spacial score (nSPS) is 21.1. The average molecular weight is 199 g/mol. The maximum atomic E-state index is 10.0. The van der Waals surface area contributed by atoms with Crippen molar-refractivity contribution in [3.63, 3.8) is 0 Å². The van der Waals surface area contributed by atoms with Crippen LogP contribution in [0.4, 0.5) is 0 Å². The minimum Gasteiger partial charge on any atom is -0.394 e. The van der Waals surface area contributed by atoms with Crippen molar-refractivity contribution in [2.45, 2.75) is 23.7 Å². The number of aliphatic hydroxyl groups excluding tert-OH is 4. The quantitative estimate of drug-likeness (QED) is 0.299. The highest BCUT2D eigenvalue weighted by Crippen LogP contribution is 2.07. The van der Waals surface area contributed by atoms with Crippen molar-refractivity contribution in [1.82, 2.24) is 0 Å². The van der Waals surface area contributed by atoms with E-state index in [1.54, 1.807) is 0 Å². The molecule has 0 saturated carbocycles. The van der Waals surface area contributed by atoms with E-state index in [1.165, 1.54) is 0 Å². The molecule has 0 unspecified atom stereocenters. The number of aliphatic hydroxyl groups is 4. The Morgan fingerprint density at radius 2 is 1.75 bits per heavy atom. The van der Waals surface area contributed by atoms with Gasteiger partial charge in [-0.1, -0.05) is 0 Å². The summed E-state index contributed by atoms with van der Waals surface area (Å²) < 4.78 is 0. The molecule has 0 radical (unpaired) electrons. The minimum absolute atomic E-state index is 0.236. The van der Waals surface area contributed by atoms with E-state index in [-0.39, 0.29) is 6.29 Å². The topological polar surface area (TPSA) is 98.0 Å². The zero-order valence-electron chi connectivity index (χ0n) is 6.17. The van der Waals surface area contributed by atoms with Crippen LogP contribution in [0.3, 0.4) is 0 Å². The van der Waals surface area contributed by atoms with Crippen molar-refractivity contribution < 1.29 is 25.2 Å². The van der Waals surface area contributed by atoms with Gasteiger partial charge in [0.2, 0.25) is 0 Å². The Morgan fingerprint density at radius 3 is 2.08 bits per heavy atom. The molecule has 0 bridgehead atoms. The van der Waals surface area contributed by atoms with E-state index in [0.29, 0.717) is 0 Å². The highest BCUT2D eigenvalue weighted by molar-refractivity contribution is 6.28. The Hall–Kier alpha value is -0.200. The predicted molar refractivity (Wildman–Crippen MR) is 40.8 cm³/mol. The van der Waals surface area contributed by atoms with Crippen LogP contribution in [0.2, 0.25) is 0 Å². The Balaban J connectivity index is 4.07. The lowest BCUT2D eigenvalue weighted by Crippen LogP contribution is -2.44. The number of aldehydes is 1. The van der Waals surface area contributed by atoms with E-state index in [1.807, 2.05) is 0 Å². The fraction of sp³-hybridized carbons (Fsp3) is 0.833. The van der Waals surface area contributed by atoms with E-state index in [0.717, 1.165) is 0 Å². The van der Waals surface area contributed by atoms with E-state index >= 15 is 0 Å². The summed E-state index contributed by atoms with van der Waals surface area (Å²) in [5.41, 5.74) is 0. The highest BCUT2D eigenvalue weighted by atomic mass is 35.5. The summed E-state index contributed by atoms with van der Waals surface area (Å²) in [4.78, 5) is 10.0. The first-order valence-corrected chi connectivity index (χ1v) is 3.72. The smallest absolute Gasteiger partial charge is 0.140 e. The molecule has 0 aromatic heterocycles. The summed E-state index contributed by atoms with van der Waals surface area (Å²) in [6.45, 7) is -0.708. The maximum absolute atomic E-state index is 10.0. The van der Waals surface area contributed by atoms with Crippen LogP contribution in [0.5, 0.6) is 0 Å². The Labute approximate surface area is 74.2 Å². The number of halogens is 1. The zero-order valence-corrected chi connectivity index (χ0v) is 6.92. The second-order valence-corrected chi connectivity index (χ2v) is 2.82. The summed E-state index contributed by atoms with van der Waals surface area (Å²) >= 11 is 5.24. The number of rotatable bonds is 5. The molecule has 12 heavy (non-hydrogen) atoms. The lowest BCUT2D eigenvalue weighted by atomic mass is 10.1. The van der Waals surface area contributed by atoms with Crippen molar-refractivity contribution >= 4 is 17.9 Å². The van der Waals surface area contributed by atoms with Gasteiger partial charge >= 0.3 is 0 Å². The van der Waals surface area contributed by atoms with Gasteiger partial charge in [0.25, 0.3) is 0 Å². The van der Waals surface area contributed by atoms with Gasteiger partial charge in [-0.3, -0.25) is 0 Å². The molecule has 0 aromatic rings. The molecule has 0 rings (SSSR count). The molecule has 0 fully saturated rings. The molecule has 5 nitrogen and oxygen atoms in total. The molecule has 0 heterocycles. The largest absolute Gasteiger partial charge is 0.394 e. The van der Waals surface area contributed by atoms with Crippen molar-refractivity contribution in [2.24, 2.45) is 0 Å². The van der Waals surface area contributed by atoms with Crippen LogP contribution in [-0.4, -0.2) is 57.0 Å². The lowest BCUT2D eigenvalue weighted by Gasteiger charge is -2.22. The third kappa shape index (κ3) is 3.04. The Bertz CT molecular complexity index is 142. The molecular formula is C6H11ClO5. The molecule has 0 aromatic carbocycles. The number of hydrogen-bond donors (Lipinski definition) is 4. The fourth-order valence-electron chi connectivity index (χ4n) is 0.604. The molecule has 4 N–H and O–H groups in total. The summed E-state index contributed by atoms with van der Waals surface area (Å²) in [6, 6.07) is 0. The second-order valence-electron chi connectivity index (χ2n) is 2.31. The van der Waals surface area contributed by atoms with Crippen molar-refractivity contribution in [3.05, 3.63) is 0 Å². The standard InChI is InChI=1S/C6H11ClO5/c7-3(1-8)5(11)6(12)4(10)2-9/h1,3-6,9-12H,2H2/t3-,4+,5-,6-/m1/s1. The number of hydrogen-bond acceptors (Lipinski definition) is 5. The number of alkyl halides is 1. The van der Waals surface area contributed by atoms with Crippen molar-refractivity contribution in [1.29, 1.82) is 0 Å². The van der Waals surface area contributed by atoms with Gasteiger partial charge in [-0.05, 0) is 0 Å². The van der Waals surface area contributed by atoms with Gasteiger partial charge in [-0.15, -0.1) is 11.6 Å². The minimum atomic E-state index is -1.62. The average Bonchev–Trinajstić information content (AvgIpc) is 2.12. The third-order valence-electron chi connectivity index (χ3n) is 1.39. The van der Waals surface area contributed by atoms with Gasteiger partial charge in [0.1, 0.15) is 30.0 Å². The molecule has 0 amide bonds. The predicted octanol–water partition coefficient (Wildman–Crippen LogP) is -2.13. The molecule has 72 valence electrons. The van der Waals surface area contributed by atoms with Gasteiger partial charge in [-0.2, -0.15) is 0 Å². The van der Waals surface area contributed by atoms with Crippen molar-refractivity contribution in [3.8, 4) is 0 Å². The molecule has 4 atom stereocenters. The highest BCUT2D eigenvalue weighted by Gasteiger charge is 2.29. The molecule has 0 aliphatic heterocycles. The van der Waals surface area contributed by atoms with E-state index in [4.69, 9.17) is 32.0 Å². The number of carbonyl (C=O) groups is 1. The fourth-order valence-corrected chi connectivity index (χ4v) is 0.754. The van der Waals surface area contributed by atoms with Gasteiger partial charge in [0, 0.05) is 0 Å². The van der Waals surface area contributed by atoms with Crippen LogP contribution >= 0.6 is 11.6 Å². The maximum Gasteiger partial charge on any atom is 0.140 e. The summed E-state index contributed by atoms with van der Waals surface area (Å²) in [7, 11) is 0. The lowest BCUT2D eigenvalue weighted by molar-refractivity contribution is -0.114. The van der Waals surface area contributed by atoms with Gasteiger partial charge in [0.15, 0.2) is 0 Å². The molecule has 6 heteroatoms. The van der Waals surface area contributed by atoms with Crippen LogP contribution in [-0.2, 0) is 4.79 Å².